The van der Waals surface area contributed by atoms with Gasteiger partial charge in [0.15, 0.2) is 0 Å². The van der Waals surface area contributed by atoms with E-state index < -0.39 is 0 Å². The van der Waals surface area contributed by atoms with Gasteiger partial charge in [0.1, 0.15) is 11.5 Å². The number of hydrogen-bond donors (Lipinski definition) is 4. The average molecular weight is 444 g/mol. The lowest BCUT2D eigenvalue weighted by molar-refractivity contribution is -0.114. The Kier molecular flexibility index (Phi) is 5.77. The van der Waals surface area contributed by atoms with Gasteiger partial charge in [0.25, 0.3) is 0 Å². The van der Waals surface area contributed by atoms with Crippen LogP contribution >= 0.6 is 0 Å². The van der Waals surface area contributed by atoms with Crippen LogP contribution in [-0.4, -0.2) is 47.2 Å². The Labute approximate surface area is 191 Å². The van der Waals surface area contributed by atoms with Crippen molar-refractivity contribution in [1.82, 2.24) is 15.0 Å². The van der Waals surface area contributed by atoms with E-state index in [4.69, 9.17) is 9.72 Å². The van der Waals surface area contributed by atoms with Crippen molar-refractivity contribution in [3.63, 3.8) is 0 Å². The van der Waals surface area contributed by atoms with E-state index in [1.54, 1.807) is 0 Å². The van der Waals surface area contributed by atoms with Crippen molar-refractivity contribution in [2.45, 2.75) is 6.92 Å². The van der Waals surface area contributed by atoms with Crippen LogP contribution in [0.3, 0.4) is 0 Å². The molecule has 2 aromatic carbocycles. The van der Waals surface area contributed by atoms with Crippen LogP contribution in [0.1, 0.15) is 6.92 Å². The number of carbonyl (C=O) groups excluding carboxylic acids is 1. The van der Waals surface area contributed by atoms with Gasteiger partial charge in [-0.25, -0.2) is 0 Å². The summed E-state index contributed by atoms with van der Waals surface area (Å²) in [7, 11) is 0. The summed E-state index contributed by atoms with van der Waals surface area (Å²) in [5, 5.41) is 10.3. The average Bonchev–Trinajstić information content (AvgIpc) is 3.30. The third kappa shape index (κ3) is 4.88. The first-order valence-electron chi connectivity index (χ1n) is 10.8. The van der Waals surface area contributed by atoms with E-state index >= 15 is 0 Å². The number of ether oxygens (including phenoxy) is 1. The van der Waals surface area contributed by atoms with Crippen LogP contribution in [0.5, 0.6) is 0 Å². The number of rotatable bonds is 6. The van der Waals surface area contributed by atoms with Crippen molar-refractivity contribution in [2.75, 3.05) is 47.2 Å². The molecule has 5 rings (SSSR count). The molecule has 1 amide bonds. The van der Waals surface area contributed by atoms with E-state index in [1.807, 2.05) is 48.7 Å². The SMILES string of the molecule is CC(=O)Nc1ccc(Nc2nc(Nc3ccc(N4CCOCC4)cc3)nc3[nH]ccc23)cc1. The monoisotopic (exact) mass is 443 g/mol. The molecule has 1 aliphatic rings. The summed E-state index contributed by atoms with van der Waals surface area (Å²) in [5.41, 5.74) is 4.41. The first-order valence-corrected chi connectivity index (χ1v) is 10.8. The van der Waals surface area contributed by atoms with E-state index in [1.165, 1.54) is 12.6 Å². The van der Waals surface area contributed by atoms with Crippen LogP contribution < -0.4 is 20.9 Å². The van der Waals surface area contributed by atoms with Gasteiger partial charge in [0.05, 0.1) is 18.6 Å². The van der Waals surface area contributed by atoms with Gasteiger partial charge in [0.2, 0.25) is 11.9 Å². The summed E-state index contributed by atoms with van der Waals surface area (Å²) < 4.78 is 5.43. The Bertz CT molecular complexity index is 1250. The topological polar surface area (TPSA) is 107 Å². The molecule has 0 radical (unpaired) electrons. The summed E-state index contributed by atoms with van der Waals surface area (Å²) >= 11 is 0. The molecule has 0 aliphatic carbocycles. The summed E-state index contributed by atoms with van der Waals surface area (Å²) in [5.74, 6) is 1.07. The number of nitrogens with one attached hydrogen (secondary N) is 4. The van der Waals surface area contributed by atoms with Gasteiger partial charge in [0, 0.05) is 49.0 Å². The van der Waals surface area contributed by atoms with Crippen LogP contribution in [0.25, 0.3) is 11.0 Å². The Balaban J connectivity index is 1.35. The van der Waals surface area contributed by atoms with Crippen molar-refractivity contribution in [1.29, 1.82) is 0 Å². The van der Waals surface area contributed by atoms with E-state index in [0.717, 1.165) is 54.4 Å². The first-order chi connectivity index (χ1) is 16.1. The zero-order valence-electron chi connectivity index (χ0n) is 18.3. The molecule has 4 N–H and O–H groups in total. The largest absolute Gasteiger partial charge is 0.378 e. The Morgan fingerprint density at radius 1 is 0.909 bits per heavy atom. The number of aromatic amines is 1. The lowest BCUT2D eigenvalue weighted by atomic mass is 10.2. The van der Waals surface area contributed by atoms with Gasteiger partial charge in [-0.1, -0.05) is 0 Å². The maximum Gasteiger partial charge on any atom is 0.231 e. The predicted octanol–water partition coefficient (Wildman–Crippen LogP) is 4.24. The molecule has 0 atom stereocenters. The highest BCUT2D eigenvalue weighted by Gasteiger charge is 2.12. The molecule has 9 nitrogen and oxygen atoms in total. The van der Waals surface area contributed by atoms with E-state index in [9.17, 15) is 4.79 Å². The third-order valence-corrected chi connectivity index (χ3v) is 5.38. The van der Waals surface area contributed by atoms with Crippen LogP contribution in [0.2, 0.25) is 0 Å². The molecule has 1 saturated heterocycles. The Morgan fingerprint density at radius 2 is 1.58 bits per heavy atom. The van der Waals surface area contributed by atoms with Gasteiger partial charge in [-0.3, -0.25) is 4.79 Å². The number of benzene rings is 2. The van der Waals surface area contributed by atoms with Gasteiger partial charge >= 0.3 is 0 Å². The number of hydrogen-bond acceptors (Lipinski definition) is 7. The number of fused-ring (bicyclic) bond motifs is 1. The van der Waals surface area contributed by atoms with Gasteiger partial charge in [-0.15, -0.1) is 0 Å². The Morgan fingerprint density at radius 3 is 2.30 bits per heavy atom. The minimum atomic E-state index is -0.103. The summed E-state index contributed by atoms with van der Waals surface area (Å²) in [6, 6.07) is 17.6. The van der Waals surface area contributed by atoms with E-state index in [0.29, 0.717) is 11.8 Å². The zero-order valence-corrected chi connectivity index (χ0v) is 18.3. The number of aromatic nitrogens is 3. The minimum absolute atomic E-state index is 0.103. The van der Waals surface area contributed by atoms with Gasteiger partial charge in [-0.05, 0) is 54.6 Å². The highest BCUT2D eigenvalue weighted by Crippen LogP contribution is 2.27. The molecular weight excluding hydrogens is 418 g/mol. The second-order valence-electron chi connectivity index (χ2n) is 7.79. The lowest BCUT2D eigenvalue weighted by Gasteiger charge is -2.28. The number of amides is 1. The van der Waals surface area contributed by atoms with Crippen molar-refractivity contribution >= 4 is 51.5 Å². The summed E-state index contributed by atoms with van der Waals surface area (Å²) in [6.45, 7) is 4.81. The number of carbonyl (C=O) groups is 1. The minimum Gasteiger partial charge on any atom is -0.378 e. The molecule has 1 fully saturated rings. The Hall–Kier alpha value is -4.11. The number of nitrogens with zero attached hydrogens (tertiary/aromatic N) is 3. The molecule has 3 heterocycles. The molecule has 33 heavy (non-hydrogen) atoms. The third-order valence-electron chi connectivity index (χ3n) is 5.38. The van der Waals surface area contributed by atoms with Crippen LogP contribution in [0.4, 0.5) is 34.5 Å². The van der Waals surface area contributed by atoms with Crippen LogP contribution in [0, 0.1) is 0 Å². The summed E-state index contributed by atoms with van der Waals surface area (Å²) in [6.07, 6.45) is 1.84. The highest BCUT2D eigenvalue weighted by molar-refractivity contribution is 5.91. The zero-order chi connectivity index (χ0) is 22.6. The number of H-pyrrole nitrogens is 1. The normalized spacial score (nSPS) is 13.7. The highest BCUT2D eigenvalue weighted by atomic mass is 16.5. The maximum atomic E-state index is 11.2. The van der Waals surface area contributed by atoms with Crippen molar-refractivity contribution in [3.8, 4) is 0 Å². The molecular formula is C24H25N7O2. The molecule has 168 valence electrons. The standard InChI is InChI=1S/C24H25N7O2/c1-16(32)26-17-2-4-18(5-3-17)27-23-21-10-11-25-22(21)29-24(30-23)28-19-6-8-20(9-7-19)31-12-14-33-15-13-31/h2-11H,12-15H2,1H3,(H,26,32)(H3,25,27,28,29,30). The first kappa shape index (κ1) is 20.8. The maximum absolute atomic E-state index is 11.2. The predicted molar refractivity (Wildman–Crippen MR) is 131 cm³/mol. The van der Waals surface area contributed by atoms with Crippen LogP contribution in [0.15, 0.2) is 60.8 Å². The van der Waals surface area contributed by atoms with Gasteiger partial charge in [-0.2, -0.15) is 9.97 Å². The molecule has 0 saturated carbocycles. The smallest absolute Gasteiger partial charge is 0.231 e. The molecule has 0 unspecified atom stereocenters. The second kappa shape index (κ2) is 9.17. The number of morpholine rings is 1. The number of anilines is 6. The fourth-order valence-electron chi connectivity index (χ4n) is 3.78. The quantitative estimate of drug-likeness (QED) is 0.353. The fraction of sp³-hybridized carbons (Fsp3) is 0.208. The molecule has 0 spiro atoms. The van der Waals surface area contributed by atoms with Crippen molar-refractivity contribution in [3.05, 3.63) is 60.8 Å². The van der Waals surface area contributed by atoms with Crippen molar-refractivity contribution < 1.29 is 9.53 Å². The van der Waals surface area contributed by atoms with Gasteiger partial charge < -0.3 is 30.6 Å². The van der Waals surface area contributed by atoms with Crippen LogP contribution in [-0.2, 0) is 9.53 Å². The fourth-order valence-corrected chi connectivity index (χ4v) is 3.78. The molecule has 0 bridgehead atoms. The van der Waals surface area contributed by atoms with Crippen molar-refractivity contribution in [2.24, 2.45) is 0 Å². The molecule has 1 aliphatic heterocycles. The molecule has 9 heteroatoms. The lowest BCUT2D eigenvalue weighted by Crippen LogP contribution is -2.36. The molecule has 2 aromatic heterocycles. The molecule has 4 aromatic rings. The summed E-state index contributed by atoms with van der Waals surface area (Å²) in [4.78, 5) is 26.0. The van der Waals surface area contributed by atoms with E-state index in [-0.39, 0.29) is 5.91 Å². The van der Waals surface area contributed by atoms with E-state index in [2.05, 4.69) is 43.0 Å². The second-order valence-corrected chi connectivity index (χ2v) is 7.79.